The van der Waals surface area contributed by atoms with Crippen molar-refractivity contribution < 1.29 is 29.0 Å². The number of carbonyl (C=O) groups is 3. The maximum Gasteiger partial charge on any atom is 0.303 e. The van der Waals surface area contributed by atoms with E-state index in [4.69, 9.17) is 9.47 Å². The Bertz CT molecular complexity index is 893. The van der Waals surface area contributed by atoms with Crippen LogP contribution in [0.4, 0.5) is 0 Å². The Kier molecular flexibility index (Phi) is 4.94. The van der Waals surface area contributed by atoms with Crippen LogP contribution in [0.3, 0.4) is 0 Å². The Morgan fingerprint density at radius 2 is 1.81 bits per heavy atom. The van der Waals surface area contributed by atoms with Gasteiger partial charge in [0, 0.05) is 25.7 Å². The summed E-state index contributed by atoms with van der Waals surface area (Å²) < 4.78 is 10.5. The van der Waals surface area contributed by atoms with Gasteiger partial charge in [-0.05, 0) is 73.5 Å². The number of allylic oxidation sites excluding steroid dienone is 1. The summed E-state index contributed by atoms with van der Waals surface area (Å²) in [6.45, 7) is 6.96. The highest BCUT2D eigenvalue weighted by atomic mass is 16.5. The number of ether oxygens (including phenoxy) is 2. The van der Waals surface area contributed by atoms with E-state index in [2.05, 4.69) is 19.9 Å². The Labute approximate surface area is 190 Å². The van der Waals surface area contributed by atoms with Crippen LogP contribution in [0.5, 0.6) is 0 Å². The van der Waals surface area contributed by atoms with Crippen LogP contribution in [0.25, 0.3) is 0 Å². The summed E-state index contributed by atoms with van der Waals surface area (Å²) in [6, 6.07) is 0. The van der Waals surface area contributed by atoms with Crippen molar-refractivity contribution in [2.45, 2.75) is 84.3 Å². The molecule has 0 aromatic rings. The molecule has 176 valence electrons. The maximum atomic E-state index is 13.2. The molecular weight excluding hydrogens is 408 g/mol. The van der Waals surface area contributed by atoms with Gasteiger partial charge in [0.25, 0.3) is 0 Å². The van der Waals surface area contributed by atoms with Gasteiger partial charge in [0.15, 0.2) is 6.61 Å². The van der Waals surface area contributed by atoms with Crippen molar-refractivity contribution in [2.24, 2.45) is 40.4 Å². The van der Waals surface area contributed by atoms with Gasteiger partial charge in [0.05, 0.1) is 0 Å². The number of Topliss-reactive ketones (excluding diaryl/α,β-unsaturated/α-hetero) is 1. The van der Waals surface area contributed by atoms with Gasteiger partial charge in [-0.1, -0.05) is 25.5 Å². The molecule has 5 rings (SSSR count). The fraction of sp³-hybridized carbons (Fsp3) is 0.808. The minimum Gasteiger partial charge on any atom is -0.462 e. The second kappa shape index (κ2) is 7.15. The van der Waals surface area contributed by atoms with Crippen molar-refractivity contribution in [2.75, 3.05) is 6.61 Å². The Morgan fingerprint density at radius 1 is 1.06 bits per heavy atom. The van der Waals surface area contributed by atoms with Crippen molar-refractivity contribution in [3.05, 3.63) is 11.6 Å². The molecule has 0 aromatic heterocycles. The predicted molar refractivity (Wildman–Crippen MR) is 116 cm³/mol. The number of hydrogen-bond acceptors (Lipinski definition) is 6. The van der Waals surface area contributed by atoms with E-state index in [0.29, 0.717) is 23.7 Å². The summed E-state index contributed by atoms with van der Waals surface area (Å²) in [5.41, 5.74) is -0.310. The Hall–Kier alpha value is -1.69. The molecule has 1 N–H and O–H groups in total. The lowest BCUT2D eigenvalue weighted by molar-refractivity contribution is -0.176. The number of fused-ring (bicyclic) bond motifs is 7. The maximum absolute atomic E-state index is 13.2. The molecule has 0 unspecified atom stereocenters. The molecule has 0 aromatic carbocycles. The van der Waals surface area contributed by atoms with Gasteiger partial charge < -0.3 is 14.6 Å². The number of rotatable bonds is 4. The minimum atomic E-state index is -1.39. The summed E-state index contributed by atoms with van der Waals surface area (Å²) in [5.74, 6) is 0.684. The molecule has 0 aliphatic heterocycles. The molecule has 6 heteroatoms. The van der Waals surface area contributed by atoms with Crippen LogP contribution in [-0.4, -0.2) is 41.1 Å². The SMILES string of the molecule is CC(=O)OCC(=O)[C@@]1(O)[C@@H]2C[C@@H]2[C@H]2[C@@H]3CC=C4C[C@@H](OC(C)=O)CC[C@]4(C)[C@H]3CC[C@@]21C. The average molecular weight is 445 g/mol. The van der Waals surface area contributed by atoms with Gasteiger partial charge >= 0.3 is 11.9 Å². The Morgan fingerprint density at radius 3 is 2.50 bits per heavy atom. The zero-order chi connectivity index (χ0) is 23.1. The summed E-state index contributed by atoms with van der Waals surface area (Å²) in [7, 11) is 0. The molecule has 6 nitrogen and oxygen atoms in total. The van der Waals surface area contributed by atoms with Gasteiger partial charge in [-0.3, -0.25) is 14.4 Å². The number of carbonyl (C=O) groups excluding carboxylic acids is 3. The normalized spacial score (nSPS) is 48.3. The third kappa shape index (κ3) is 2.90. The lowest BCUT2D eigenvalue weighted by atomic mass is 9.45. The standard InChI is InChI=1S/C26H36O6/c1-14(27)31-13-22(29)26(30)21-12-19(21)23-18-6-5-16-11-17(32-15(2)28)7-9-24(16,3)20(18)8-10-25(23,26)4/h5,17-21,23,30H,6-13H2,1-4H3/t17-,18+,19-,20-,21+,23+,24-,25-,26-/m0/s1. The van der Waals surface area contributed by atoms with Crippen LogP contribution in [-0.2, 0) is 23.9 Å². The minimum absolute atomic E-state index is 0.00260. The summed E-state index contributed by atoms with van der Waals surface area (Å²) in [5, 5.41) is 11.8. The zero-order valence-corrected chi connectivity index (χ0v) is 19.7. The average Bonchev–Trinajstić information content (AvgIpc) is 3.47. The first-order valence-corrected chi connectivity index (χ1v) is 12.3. The van der Waals surface area contributed by atoms with Crippen LogP contribution in [0, 0.1) is 40.4 Å². The molecule has 0 amide bonds. The molecule has 32 heavy (non-hydrogen) atoms. The molecule has 0 bridgehead atoms. The molecule has 4 saturated carbocycles. The molecule has 5 aliphatic carbocycles. The highest BCUT2D eigenvalue weighted by Gasteiger charge is 2.78. The van der Waals surface area contributed by atoms with E-state index in [-0.39, 0.29) is 35.8 Å². The molecule has 5 aliphatic rings. The molecular formula is C26H36O6. The fourth-order valence-electron chi connectivity index (χ4n) is 8.77. The quantitative estimate of drug-likeness (QED) is 0.526. The lowest BCUT2D eigenvalue weighted by Gasteiger charge is -2.59. The van der Waals surface area contributed by atoms with Crippen LogP contribution >= 0.6 is 0 Å². The first-order chi connectivity index (χ1) is 15.0. The van der Waals surface area contributed by atoms with Crippen LogP contribution in [0.1, 0.15) is 72.6 Å². The molecule has 0 radical (unpaired) electrons. The zero-order valence-electron chi connectivity index (χ0n) is 19.7. The van der Waals surface area contributed by atoms with E-state index >= 15 is 0 Å². The lowest BCUT2D eigenvalue weighted by Crippen LogP contribution is -2.60. The number of hydrogen-bond donors (Lipinski definition) is 1. The van der Waals surface area contributed by atoms with Gasteiger partial charge in [0.2, 0.25) is 5.78 Å². The molecule has 0 heterocycles. The first kappa shape index (κ1) is 22.1. The number of esters is 2. The predicted octanol–water partition coefficient (Wildman–Crippen LogP) is 3.60. The van der Waals surface area contributed by atoms with Gasteiger partial charge in [0.1, 0.15) is 11.7 Å². The summed E-state index contributed by atoms with van der Waals surface area (Å²) >= 11 is 0. The highest BCUT2D eigenvalue weighted by Crippen LogP contribution is 2.76. The molecule has 4 fully saturated rings. The van der Waals surface area contributed by atoms with Crippen molar-refractivity contribution in [3.8, 4) is 0 Å². The van der Waals surface area contributed by atoms with Crippen molar-refractivity contribution in [3.63, 3.8) is 0 Å². The first-order valence-electron chi connectivity index (χ1n) is 12.3. The van der Waals surface area contributed by atoms with Crippen molar-refractivity contribution in [1.29, 1.82) is 0 Å². The van der Waals surface area contributed by atoms with E-state index in [0.717, 1.165) is 44.9 Å². The molecule has 0 saturated heterocycles. The topological polar surface area (TPSA) is 89.9 Å². The second-order valence-corrected chi connectivity index (χ2v) is 11.6. The van der Waals surface area contributed by atoms with E-state index in [1.807, 2.05) is 0 Å². The van der Waals surface area contributed by atoms with Crippen molar-refractivity contribution in [1.82, 2.24) is 0 Å². The fourth-order valence-corrected chi connectivity index (χ4v) is 8.77. The van der Waals surface area contributed by atoms with Gasteiger partial charge in [-0.2, -0.15) is 0 Å². The Balaban J connectivity index is 1.41. The van der Waals surface area contributed by atoms with E-state index in [1.165, 1.54) is 19.4 Å². The highest BCUT2D eigenvalue weighted by molar-refractivity contribution is 5.92. The van der Waals surface area contributed by atoms with E-state index < -0.39 is 17.0 Å². The van der Waals surface area contributed by atoms with Crippen molar-refractivity contribution >= 4 is 17.7 Å². The third-order valence-electron chi connectivity index (χ3n) is 10.2. The molecule has 9 atom stereocenters. The summed E-state index contributed by atoms with van der Waals surface area (Å²) in [4.78, 5) is 35.9. The number of ketones is 1. The van der Waals surface area contributed by atoms with Crippen LogP contribution < -0.4 is 0 Å². The third-order valence-corrected chi connectivity index (χ3v) is 10.2. The monoisotopic (exact) mass is 444 g/mol. The molecule has 0 spiro atoms. The van der Waals surface area contributed by atoms with Gasteiger partial charge in [-0.25, -0.2) is 0 Å². The summed E-state index contributed by atoms with van der Waals surface area (Å²) in [6.07, 6.45) is 8.81. The van der Waals surface area contributed by atoms with Crippen LogP contribution in [0.2, 0.25) is 0 Å². The second-order valence-electron chi connectivity index (χ2n) is 11.6. The smallest absolute Gasteiger partial charge is 0.303 e. The van der Waals surface area contributed by atoms with Gasteiger partial charge in [-0.15, -0.1) is 0 Å². The largest absolute Gasteiger partial charge is 0.462 e. The van der Waals surface area contributed by atoms with E-state index in [1.54, 1.807) is 0 Å². The number of aliphatic hydroxyl groups is 1. The van der Waals surface area contributed by atoms with E-state index in [9.17, 15) is 19.5 Å². The van der Waals surface area contributed by atoms with Crippen LogP contribution in [0.15, 0.2) is 11.6 Å².